The summed E-state index contributed by atoms with van der Waals surface area (Å²) < 4.78 is 10.6. The summed E-state index contributed by atoms with van der Waals surface area (Å²) in [6, 6.07) is 0. The fraction of sp³-hybridized carbons (Fsp3) is 0.778. The Labute approximate surface area is 95.6 Å². The fourth-order valence-electron chi connectivity index (χ4n) is 1.47. The highest BCUT2D eigenvalue weighted by atomic mass is 16.7. The molecule has 1 rings (SSSR count). The van der Waals surface area contributed by atoms with Crippen molar-refractivity contribution in [2.24, 2.45) is 0 Å². The molecule has 2 amide bonds. The van der Waals surface area contributed by atoms with Crippen molar-refractivity contribution in [2.75, 3.05) is 28.2 Å². The lowest BCUT2D eigenvalue weighted by Crippen LogP contribution is -2.47. The van der Waals surface area contributed by atoms with Gasteiger partial charge in [-0.15, -0.1) is 0 Å². The molecule has 0 aromatic rings. The summed E-state index contributed by atoms with van der Waals surface area (Å²) in [6.07, 6.45) is -1.69. The van der Waals surface area contributed by atoms with E-state index in [-0.39, 0.29) is 11.8 Å². The maximum Gasteiger partial charge on any atom is 0.454 e. The van der Waals surface area contributed by atoms with Crippen LogP contribution in [0.3, 0.4) is 0 Å². The first-order valence-corrected chi connectivity index (χ1v) is 5.08. The van der Waals surface area contributed by atoms with Gasteiger partial charge < -0.3 is 19.1 Å². The molecule has 16 heavy (non-hydrogen) atoms. The van der Waals surface area contributed by atoms with Crippen molar-refractivity contribution in [1.82, 2.24) is 9.80 Å². The number of hydrogen-bond donors (Lipinski definition) is 0. The molecule has 2 atom stereocenters. The maximum absolute atomic E-state index is 11.8. The van der Waals surface area contributed by atoms with Crippen LogP contribution in [0.15, 0.2) is 0 Å². The molecule has 90 valence electrons. The van der Waals surface area contributed by atoms with Gasteiger partial charge in [0.2, 0.25) is 0 Å². The van der Waals surface area contributed by atoms with Crippen molar-refractivity contribution in [3.8, 4) is 0 Å². The first kappa shape index (κ1) is 13.0. The molecule has 1 fully saturated rings. The Morgan fingerprint density at radius 3 is 1.50 bits per heavy atom. The Balaban J connectivity index is 2.82. The second kappa shape index (κ2) is 4.84. The Kier molecular flexibility index (Phi) is 3.93. The molecule has 0 saturated carbocycles. The number of carbonyl (C=O) groups excluding carboxylic acids is 2. The predicted octanol–water partition coefficient (Wildman–Crippen LogP) is -0.935. The van der Waals surface area contributed by atoms with Crippen molar-refractivity contribution in [1.29, 1.82) is 0 Å². The Morgan fingerprint density at radius 1 is 0.938 bits per heavy atom. The molecule has 0 radical (unpaired) electrons. The van der Waals surface area contributed by atoms with E-state index in [0.717, 1.165) is 0 Å². The average Bonchev–Trinajstić information content (AvgIpc) is 2.57. The van der Waals surface area contributed by atoms with Crippen LogP contribution in [0.1, 0.15) is 0 Å². The van der Waals surface area contributed by atoms with E-state index in [1.165, 1.54) is 9.80 Å². The highest BCUT2D eigenvalue weighted by Gasteiger charge is 2.46. The zero-order valence-corrected chi connectivity index (χ0v) is 10.3. The van der Waals surface area contributed by atoms with E-state index >= 15 is 0 Å². The third kappa shape index (κ3) is 2.54. The Morgan fingerprint density at radius 2 is 1.25 bits per heavy atom. The molecule has 1 aliphatic rings. The average molecular weight is 228 g/mol. The minimum atomic E-state index is -0.847. The lowest BCUT2D eigenvalue weighted by Gasteiger charge is -2.22. The molecule has 2 unspecified atom stereocenters. The molecular weight excluding hydrogens is 211 g/mol. The van der Waals surface area contributed by atoms with E-state index in [1.54, 1.807) is 35.0 Å². The standard InChI is InChI=1S/C9H17BN2O4/c1-10-15-6(8(13)11(2)3)7(16-10)9(14)12(4)5/h6-7H,1-5H3. The molecule has 1 aliphatic heterocycles. The summed E-state index contributed by atoms with van der Waals surface area (Å²) in [4.78, 5) is 26.3. The largest absolute Gasteiger partial charge is 0.454 e. The summed E-state index contributed by atoms with van der Waals surface area (Å²) in [6.45, 7) is 1.67. The number of likely N-dealkylation sites (N-methyl/N-ethyl adjacent to an activating group) is 2. The van der Waals surface area contributed by atoms with Crippen LogP contribution < -0.4 is 0 Å². The van der Waals surface area contributed by atoms with E-state index in [9.17, 15) is 9.59 Å². The van der Waals surface area contributed by atoms with E-state index in [0.29, 0.717) is 0 Å². The number of nitrogens with zero attached hydrogens (tertiary/aromatic N) is 2. The van der Waals surface area contributed by atoms with E-state index < -0.39 is 19.3 Å². The smallest absolute Gasteiger partial charge is 0.397 e. The molecule has 6 nitrogen and oxygen atoms in total. The normalized spacial score (nSPS) is 24.4. The SMILES string of the molecule is CB1OC(C(=O)N(C)C)C(C(=O)N(C)C)O1. The Hall–Kier alpha value is -1.08. The van der Waals surface area contributed by atoms with Gasteiger partial charge in [0.1, 0.15) is 0 Å². The lowest BCUT2D eigenvalue weighted by atomic mass is 9.97. The van der Waals surface area contributed by atoms with E-state index in [1.807, 2.05) is 0 Å². The van der Waals surface area contributed by atoms with Crippen molar-refractivity contribution in [3.63, 3.8) is 0 Å². The second-order valence-corrected chi connectivity index (χ2v) is 4.15. The zero-order valence-electron chi connectivity index (χ0n) is 10.3. The Bertz CT molecular complexity index is 267. The van der Waals surface area contributed by atoms with Gasteiger partial charge in [0.25, 0.3) is 11.8 Å². The predicted molar refractivity (Wildman–Crippen MR) is 58.8 cm³/mol. The monoisotopic (exact) mass is 228 g/mol. The van der Waals surface area contributed by atoms with Crippen LogP contribution in [0.25, 0.3) is 0 Å². The molecule has 1 saturated heterocycles. The van der Waals surface area contributed by atoms with Crippen molar-refractivity contribution in [3.05, 3.63) is 0 Å². The zero-order chi connectivity index (χ0) is 12.5. The highest BCUT2D eigenvalue weighted by Crippen LogP contribution is 2.19. The molecule has 0 aromatic heterocycles. The molecule has 1 heterocycles. The third-order valence-corrected chi connectivity index (χ3v) is 2.32. The molecule has 0 N–H and O–H groups in total. The van der Waals surface area contributed by atoms with Crippen molar-refractivity contribution < 1.29 is 18.9 Å². The van der Waals surface area contributed by atoms with Gasteiger partial charge in [0, 0.05) is 28.2 Å². The van der Waals surface area contributed by atoms with Gasteiger partial charge in [0.05, 0.1) is 0 Å². The molecule has 0 aliphatic carbocycles. The van der Waals surface area contributed by atoms with Crippen molar-refractivity contribution >= 4 is 18.9 Å². The summed E-state index contributed by atoms with van der Waals surface area (Å²) >= 11 is 0. The van der Waals surface area contributed by atoms with Gasteiger partial charge in [-0.2, -0.15) is 0 Å². The lowest BCUT2D eigenvalue weighted by molar-refractivity contribution is -0.146. The first-order valence-electron chi connectivity index (χ1n) is 5.08. The number of rotatable bonds is 2. The van der Waals surface area contributed by atoms with Crippen LogP contribution in [0, 0.1) is 0 Å². The minimum Gasteiger partial charge on any atom is -0.397 e. The van der Waals surface area contributed by atoms with Crippen LogP contribution in [0.4, 0.5) is 0 Å². The van der Waals surface area contributed by atoms with Crippen LogP contribution in [-0.2, 0) is 18.9 Å². The first-order chi connectivity index (χ1) is 7.34. The molecule has 7 heteroatoms. The van der Waals surface area contributed by atoms with E-state index in [2.05, 4.69) is 0 Å². The van der Waals surface area contributed by atoms with Crippen LogP contribution >= 0.6 is 0 Å². The van der Waals surface area contributed by atoms with Gasteiger partial charge in [0.15, 0.2) is 12.2 Å². The molecule has 0 bridgehead atoms. The third-order valence-electron chi connectivity index (χ3n) is 2.32. The minimum absolute atomic E-state index is 0.260. The number of carbonyl (C=O) groups is 2. The summed E-state index contributed by atoms with van der Waals surface area (Å²) in [5, 5.41) is 0. The number of amides is 2. The highest BCUT2D eigenvalue weighted by molar-refractivity contribution is 6.44. The number of hydrogen-bond acceptors (Lipinski definition) is 4. The topological polar surface area (TPSA) is 59.1 Å². The van der Waals surface area contributed by atoms with Crippen LogP contribution in [-0.4, -0.2) is 69.1 Å². The molecule has 0 aromatic carbocycles. The van der Waals surface area contributed by atoms with Crippen molar-refractivity contribution in [2.45, 2.75) is 19.0 Å². The second-order valence-electron chi connectivity index (χ2n) is 4.15. The van der Waals surface area contributed by atoms with Crippen LogP contribution in [0.2, 0.25) is 6.82 Å². The summed E-state index contributed by atoms with van der Waals surface area (Å²) in [7, 11) is 5.93. The van der Waals surface area contributed by atoms with Gasteiger partial charge >= 0.3 is 7.12 Å². The van der Waals surface area contributed by atoms with Gasteiger partial charge in [-0.05, 0) is 6.82 Å². The summed E-state index contributed by atoms with van der Waals surface area (Å²) in [5.74, 6) is -0.519. The van der Waals surface area contributed by atoms with E-state index in [4.69, 9.17) is 9.31 Å². The molecule has 0 spiro atoms. The quantitative estimate of drug-likeness (QED) is 0.572. The van der Waals surface area contributed by atoms with Gasteiger partial charge in [-0.3, -0.25) is 9.59 Å². The summed E-state index contributed by atoms with van der Waals surface area (Å²) in [5.41, 5.74) is 0. The van der Waals surface area contributed by atoms with Gasteiger partial charge in [-0.1, -0.05) is 0 Å². The fourth-order valence-corrected chi connectivity index (χ4v) is 1.47. The van der Waals surface area contributed by atoms with Crippen LogP contribution in [0.5, 0.6) is 0 Å². The van der Waals surface area contributed by atoms with Gasteiger partial charge in [-0.25, -0.2) is 0 Å². The molecular formula is C9H17BN2O4. The maximum atomic E-state index is 11.8.